The second-order valence-electron chi connectivity index (χ2n) is 6.25. The van der Waals surface area contributed by atoms with Gasteiger partial charge in [0.05, 0.1) is 11.8 Å². The van der Waals surface area contributed by atoms with Crippen molar-refractivity contribution in [3.63, 3.8) is 0 Å². The number of carbonyl (C=O) groups is 1. The van der Waals surface area contributed by atoms with E-state index in [1.54, 1.807) is 35.9 Å². The first kappa shape index (κ1) is 20.2. The summed E-state index contributed by atoms with van der Waals surface area (Å²) < 4.78 is 7.28. The van der Waals surface area contributed by atoms with Gasteiger partial charge in [-0.05, 0) is 19.3 Å². The second-order valence-corrected chi connectivity index (χ2v) is 6.25. The van der Waals surface area contributed by atoms with Crippen molar-refractivity contribution in [1.29, 1.82) is 0 Å². The highest BCUT2D eigenvalue weighted by Gasteiger charge is 2.22. The molecular formula is C16H26ClN5O2. The first-order chi connectivity index (χ1) is 10.8. The van der Waals surface area contributed by atoms with Crippen LogP contribution in [-0.2, 0) is 7.05 Å². The van der Waals surface area contributed by atoms with Crippen LogP contribution in [0.3, 0.4) is 0 Å². The van der Waals surface area contributed by atoms with Crippen molar-refractivity contribution in [2.24, 2.45) is 18.7 Å². The van der Waals surface area contributed by atoms with Crippen LogP contribution in [0, 0.1) is 12.8 Å². The predicted octanol–water partition coefficient (Wildman–Crippen LogP) is 2.25. The van der Waals surface area contributed by atoms with Crippen molar-refractivity contribution >= 4 is 18.3 Å². The maximum Gasteiger partial charge on any atom is 0.275 e. The van der Waals surface area contributed by atoms with Gasteiger partial charge in [-0.3, -0.25) is 9.48 Å². The third-order valence-corrected chi connectivity index (χ3v) is 3.95. The van der Waals surface area contributed by atoms with E-state index in [0.717, 1.165) is 12.0 Å². The summed E-state index contributed by atoms with van der Waals surface area (Å²) in [5.41, 5.74) is 7.12. The van der Waals surface area contributed by atoms with E-state index in [-0.39, 0.29) is 24.4 Å². The lowest BCUT2D eigenvalue weighted by atomic mass is 10.0. The fourth-order valence-corrected chi connectivity index (χ4v) is 2.21. The van der Waals surface area contributed by atoms with Gasteiger partial charge in [0.15, 0.2) is 5.69 Å². The minimum atomic E-state index is -0.155. The molecule has 0 radical (unpaired) electrons. The molecule has 0 bridgehead atoms. The normalized spacial score (nSPS) is 12.1. The van der Waals surface area contributed by atoms with Gasteiger partial charge in [-0.15, -0.1) is 12.4 Å². The second kappa shape index (κ2) is 8.30. The molecule has 2 heterocycles. The van der Waals surface area contributed by atoms with E-state index in [0.29, 0.717) is 29.8 Å². The molecule has 134 valence electrons. The summed E-state index contributed by atoms with van der Waals surface area (Å²) in [6.07, 6.45) is 4.21. The Bertz CT molecular complexity index is 680. The van der Waals surface area contributed by atoms with E-state index >= 15 is 0 Å². The minimum Gasteiger partial charge on any atom is -0.440 e. The topological polar surface area (TPSA) is 90.2 Å². The lowest BCUT2D eigenvalue weighted by molar-refractivity contribution is 0.0782. The third-order valence-electron chi connectivity index (χ3n) is 3.95. The first-order valence-electron chi connectivity index (χ1n) is 7.77. The van der Waals surface area contributed by atoms with Gasteiger partial charge in [-0.1, -0.05) is 13.8 Å². The number of halogens is 1. The van der Waals surface area contributed by atoms with Crippen molar-refractivity contribution in [2.45, 2.75) is 33.2 Å². The monoisotopic (exact) mass is 355 g/mol. The minimum absolute atomic E-state index is 0. The number of nitrogens with two attached hydrogens (primary N) is 1. The molecule has 2 N–H and O–H groups in total. The largest absolute Gasteiger partial charge is 0.440 e. The molecule has 0 aliphatic rings. The molecule has 1 amide bonds. The number of aryl methyl sites for hydroxylation is 2. The van der Waals surface area contributed by atoms with E-state index in [2.05, 4.69) is 23.9 Å². The summed E-state index contributed by atoms with van der Waals surface area (Å²) in [6, 6.07) is 0.0783. The molecule has 2 rings (SSSR count). The van der Waals surface area contributed by atoms with Gasteiger partial charge in [0, 0.05) is 32.9 Å². The quantitative estimate of drug-likeness (QED) is 0.858. The molecular weight excluding hydrogens is 330 g/mol. The molecule has 0 aliphatic carbocycles. The smallest absolute Gasteiger partial charge is 0.275 e. The van der Waals surface area contributed by atoms with Crippen molar-refractivity contribution in [3.8, 4) is 11.5 Å². The predicted molar refractivity (Wildman–Crippen MR) is 95.1 cm³/mol. The molecule has 0 aliphatic heterocycles. The van der Waals surface area contributed by atoms with Crippen LogP contribution in [0.1, 0.15) is 36.5 Å². The van der Waals surface area contributed by atoms with E-state index in [9.17, 15) is 4.79 Å². The summed E-state index contributed by atoms with van der Waals surface area (Å²) in [5, 5.41) is 4.08. The molecule has 0 saturated heterocycles. The van der Waals surface area contributed by atoms with Gasteiger partial charge in [-0.25, -0.2) is 4.98 Å². The van der Waals surface area contributed by atoms with Crippen LogP contribution < -0.4 is 5.73 Å². The van der Waals surface area contributed by atoms with Gasteiger partial charge in [0.1, 0.15) is 5.76 Å². The lowest BCUT2D eigenvalue weighted by Gasteiger charge is -2.20. The average molecular weight is 356 g/mol. The van der Waals surface area contributed by atoms with Gasteiger partial charge in [0.25, 0.3) is 5.91 Å². The van der Waals surface area contributed by atoms with E-state index in [1.807, 2.05) is 7.05 Å². The molecule has 24 heavy (non-hydrogen) atoms. The average Bonchev–Trinajstić information content (AvgIpc) is 3.09. The Hall–Kier alpha value is -1.86. The van der Waals surface area contributed by atoms with E-state index < -0.39 is 0 Å². The summed E-state index contributed by atoms with van der Waals surface area (Å²) in [7, 11) is 3.57. The number of rotatable bonds is 6. The number of nitrogens with zero attached hydrogens (tertiary/aromatic N) is 4. The highest BCUT2D eigenvalue weighted by atomic mass is 35.5. The molecule has 0 fully saturated rings. The number of oxazole rings is 1. The molecule has 2 aromatic rings. The zero-order valence-corrected chi connectivity index (χ0v) is 15.6. The van der Waals surface area contributed by atoms with Crippen LogP contribution in [0.2, 0.25) is 0 Å². The molecule has 7 nitrogen and oxygen atoms in total. The Labute approximate surface area is 148 Å². The number of amides is 1. The van der Waals surface area contributed by atoms with Crippen LogP contribution in [-0.4, -0.2) is 45.2 Å². The van der Waals surface area contributed by atoms with Crippen LogP contribution >= 0.6 is 12.4 Å². The fraction of sp³-hybridized carbons (Fsp3) is 0.562. The Morgan fingerprint density at radius 1 is 1.46 bits per heavy atom. The molecule has 0 saturated carbocycles. The van der Waals surface area contributed by atoms with Gasteiger partial charge in [-0.2, -0.15) is 5.10 Å². The highest BCUT2D eigenvalue weighted by molar-refractivity contribution is 5.93. The maximum atomic E-state index is 12.5. The van der Waals surface area contributed by atoms with Crippen molar-refractivity contribution in [3.05, 3.63) is 23.8 Å². The zero-order valence-electron chi connectivity index (χ0n) is 14.8. The molecule has 1 atom stereocenters. The molecule has 0 aromatic carbocycles. The van der Waals surface area contributed by atoms with E-state index in [1.165, 1.54) is 0 Å². The number of hydrogen-bond donors (Lipinski definition) is 1. The van der Waals surface area contributed by atoms with Gasteiger partial charge >= 0.3 is 0 Å². The van der Waals surface area contributed by atoms with Crippen molar-refractivity contribution in [2.75, 3.05) is 13.6 Å². The summed E-state index contributed by atoms with van der Waals surface area (Å²) in [4.78, 5) is 18.5. The molecule has 0 spiro atoms. The SMILES string of the molecule is Cc1oc(-c2cnn(C)c2)nc1C(=O)N(C)CCC(N)C(C)C.Cl. The Balaban J connectivity index is 0.00000288. The van der Waals surface area contributed by atoms with E-state index in [4.69, 9.17) is 10.2 Å². The Kier molecular flexibility index (Phi) is 6.98. The van der Waals surface area contributed by atoms with Crippen LogP contribution in [0.25, 0.3) is 11.5 Å². The first-order valence-corrected chi connectivity index (χ1v) is 7.77. The molecule has 8 heteroatoms. The number of aromatic nitrogens is 3. The molecule has 2 aromatic heterocycles. The van der Waals surface area contributed by atoms with Gasteiger partial charge in [0.2, 0.25) is 5.89 Å². The summed E-state index contributed by atoms with van der Waals surface area (Å²) in [5.74, 6) is 1.15. The highest BCUT2D eigenvalue weighted by Crippen LogP contribution is 2.21. The van der Waals surface area contributed by atoms with Gasteiger partial charge < -0.3 is 15.1 Å². The number of hydrogen-bond acceptors (Lipinski definition) is 5. The third kappa shape index (κ3) is 4.58. The zero-order chi connectivity index (χ0) is 17.1. The fourth-order valence-electron chi connectivity index (χ4n) is 2.21. The van der Waals surface area contributed by atoms with Crippen molar-refractivity contribution < 1.29 is 9.21 Å². The lowest BCUT2D eigenvalue weighted by Crippen LogP contribution is -2.35. The van der Waals surface area contributed by atoms with Crippen LogP contribution in [0.15, 0.2) is 16.8 Å². The van der Waals surface area contributed by atoms with Crippen LogP contribution in [0.4, 0.5) is 0 Å². The number of carbonyl (C=O) groups excluding carboxylic acids is 1. The Morgan fingerprint density at radius 2 is 2.12 bits per heavy atom. The molecule has 1 unspecified atom stereocenters. The maximum absolute atomic E-state index is 12.5. The van der Waals surface area contributed by atoms with Crippen LogP contribution in [0.5, 0.6) is 0 Å². The standard InChI is InChI=1S/C16H25N5O2.ClH/c1-10(2)13(17)6-7-20(4)16(22)14-11(3)23-15(19-14)12-8-18-21(5)9-12;/h8-10,13H,6-7,17H2,1-5H3;1H. The Morgan fingerprint density at radius 3 is 2.67 bits per heavy atom. The summed E-state index contributed by atoms with van der Waals surface area (Å²) >= 11 is 0. The van der Waals surface area contributed by atoms with Crippen molar-refractivity contribution in [1.82, 2.24) is 19.7 Å². The summed E-state index contributed by atoms with van der Waals surface area (Å²) in [6.45, 7) is 6.49.